The van der Waals surface area contributed by atoms with Gasteiger partial charge < -0.3 is 13.9 Å². The van der Waals surface area contributed by atoms with Gasteiger partial charge in [0.2, 0.25) is 0 Å². The van der Waals surface area contributed by atoms with Crippen LogP contribution in [0, 0.1) is 5.92 Å². The highest BCUT2D eigenvalue weighted by molar-refractivity contribution is 7.07. The van der Waals surface area contributed by atoms with Crippen LogP contribution < -0.4 is 19.6 Å². The summed E-state index contributed by atoms with van der Waals surface area (Å²) in [4.78, 5) is 32.0. The SMILES string of the molecule is COC(=O)[C@H]1[C@]23Oc4ccccc4[C@@H]2n2c(s/c(=C\c4ccc(-c5ccccc5Cl)o4)c2=O)=N[C@@]13C. The molecule has 1 aliphatic carbocycles. The van der Waals surface area contributed by atoms with Crippen LogP contribution in [0.3, 0.4) is 0 Å². The van der Waals surface area contributed by atoms with Gasteiger partial charge in [0.15, 0.2) is 10.4 Å². The third-order valence-corrected chi connectivity index (χ3v) is 8.81. The second kappa shape index (κ2) is 7.21. The zero-order valence-corrected chi connectivity index (χ0v) is 20.8. The standard InChI is InChI=1S/C27H19ClN2O5S/c1-26-21(24(32)33-2)27(26)22(16-8-4-6-10-19(16)35-27)30-23(31)20(36-25(30)29-26)13-14-11-12-18(34-14)15-7-3-5-9-17(15)28/h3-13,21-22H,1-2H3/b20-13-/t21-,22+,26+,27+/m1/s1. The lowest BCUT2D eigenvalue weighted by atomic mass is 9.97. The number of methoxy groups -OCH3 is 1. The van der Waals surface area contributed by atoms with E-state index in [1.165, 1.54) is 18.4 Å². The number of halogens is 1. The highest BCUT2D eigenvalue weighted by Crippen LogP contribution is 2.70. The molecule has 7 nitrogen and oxygen atoms in total. The first-order valence-corrected chi connectivity index (χ1v) is 12.6. The first-order chi connectivity index (χ1) is 17.4. The average Bonchev–Trinajstić information content (AvgIpc) is 3.27. The number of fused-ring (bicyclic) bond motifs is 4. The van der Waals surface area contributed by atoms with Crippen molar-refractivity contribution in [3.05, 3.63) is 96.7 Å². The van der Waals surface area contributed by atoms with Crippen LogP contribution in [0.4, 0.5) is 0 Å². The van der Waals surface area contributed by atoms with E-state index in [4.69, 9.17) is 30.5 Å². The maximum atomic E-state index is 13.8. The molecule has 1 fully saturated rings. The van der Waals surface area contributed by atoms with E-state index in [-0.39, 0.29) is 5.56 Å². The monoisotopic (exact) mass is 518 g/mol. The number of ether oxygens (including phenoxy) is 2. The molecule has 0 radical (unpaired) electrons. The van der Waals surface area contributed by atoms with Crippen molar-refractivity contribution in [1.29, 1.82) is 0 Å². The number of esters is 1. The van der Waals surface area contributed by atoms with Gasteiger partial charge in [0, 0.05) is 17.2 Å². The number of hydrogen-bond acceptors (Lipinski definition) is 7. The van der Waals surface area contributed by atoms with Crippen molar-refractivity contribution in [1.82, 2.24) is 4.57 Å². The second-order valence-corrected chi connectivity index (χ2v) is 10.7. The van der Waals surface area contributed by atoms with Crippen LogP contribution in [0.1, 0.15) is 24.3 Å². The maximum Gasteiger partial charge on any atom is 0.315 e. The van der Waals surface area contributed by atoms with Crippen molar-refractivity contribution in [2.45, 2.75) is 24.1 Å². The molecule has 180 valence electrons. The normalized spacial score (nSPS) is 27.2. The second-order valence-electron chi connectivity index (χ2n) is 9.30. The van der Waals surface area contributed by atoms with Gasteiger partial charge in [-0.2, -0.15) is 0 Å². The Morgan fingerprint density at radius 1 is 1.17 bits per heavy atom. The lowest BCUT2D eigenvalue weighted by Crippen LogP contribution is -2.47. The van der Waals surface area contributed by atoms with Crippen molar-refractivity contribution in [2.24, 2.45) is 10.9 Å². The van der Waals surface area contributed by atoms with Gasteiger partial charge in [-0.15, -0.1) is 0 Å². The Balaban J connectivity index is 1.40. The Hall–Kier alpha value is -3.62. The molecule has 0 unspecified atom stereocenters. The topological polar surface area (TPSA) is 83.0 Å². The van der Waals surface area contributed by atoms with E-state index < -0.39 is 29.1 Å². The molecule has 0 amide bonds. The summed E-state index contributed by atoms with van der Waals surface area (Å²) < 4.78 is 19.7. The minimum Gasteiger partial charge on any atom is -0.481 e. The number of benzene rings is 2. The minimum absolute atomic E-state index is 0.211. The molecule has 2 aromatic heterocycles. The molecule has 0 N–H and O–H groups in total. The molecule has 0 saturated heterocycles. The molecule has 2 aromatic carbocycles. The maximum absolute atomic E-state index is 13.8. The quantitative estimate of drug-likeness (QED) is 0.387. The fourth-order valence-electron chi connectivity index (χ4n) is 5.83. The van der Waals surface area contributed by atoms with Crippen LogP contribution in [0.15, 0.2) is 74.9 Å². The van der Waals surface area contributed by atoms with Crippen LogP contribution in [0.2, 0.25) is 5.02 Å². The number of aromatic nitrogens is 1. The van der Waals surface area contributed by atoms with E-state index in [9.17, 15) is 9.59 Å². The summed E-state index contributed by atoms with van der Waals surface area (Å²) in [6.45, 7) is 1.90. The predicted molar refractivity (Wildman–Crippen MR) is 134 cm³/mol. The smallest absolute Gasteiger partial charge is 0.315 e. The Labute approximate surface area is 213 Å². The molecular formula is C27H19ClN2O5S. The number of para-hydroxylation sites is 1. The highest BCUT2D eigenvalue weighted by Gasteiger charge is 2.88. The van der Waals surface area contributed by atoms with Crippen molar-refractivity contribution < 1.29 is 18.7 Å². The van der Waals surface area contributed by atoms with Crippen LogP contribution >= 0.6 is 22.9 Å². The van der Waals surface area contributed by atoms with E-state index in [1.807, 2.05) is 55.5 Å². The fourth-order valence-corrected chi connectivity index (χ4v) is 7.13. The molecule has 36 heavy (non-hydrogen) atoms. The summed E-state index contributed by atoms with van der Waals surface area (Å²) in [5, 5.41) is 0.585. The van der Waals surface area contributed by atoms with Gasteiger partial charge in [0.25, 0.3) is 5.56 Å². The highest BCUT2D eigenvalue weighted by atomic mass is 35.5. The lowest BCUT2D eigenvalue weighted by Gasteiger charge is -2.26. The zero-order valence-electron chi connectivity index (χ0n) is 19.2. The van der Waals surface area contributed by atoms with Crippen LogP contribution in [0.25, 0.3) is 17.4 Å². The van der Waals surface area contributed by atoms with Crippen molar-refractivity contribution in [2.75, 3.05) is 7.11 Å². The average molecular weight is 519 g/mol. The number of carbonyl (C=O) groups is 1. The van der Waals surface area contributed by atoms with E-state index in [0.717, 1.165) is 11.1 Å². The van der Waals surface area contributed by atoms with Gasteiger partial charge in [-0.3, -0.25) is 14.2 Å². The van der Waals surface area contributed by atoms with Crippen molar-refractivity contribution >= 4 is 35.0 Å². The van der Waals surface area contributed by atoms with Crippen LogP contribution in [-0.2, 0) is 9.53 Å². The summed E-state index contributed by atoms with van der Waals surface area (Å²) in [7, 11) is 1.36. The lowest BCUT2D eigenvalue weighted by molar-refractivity contribution is -0.144. The minimum atomic E-state index is -0.999. The van der Waals surface area contributed by atoms with Crippen molar-refractivity contribution in [3.63, 3.8) is 0 Å². The molecule has 3 aliphatic rings. The molecule has 2 aliphatic heterocycles. The molecule has 1 spiro atoms. The fraction of sp³-hybridized carbons (Fsp3) is 0.222. The first kappa shape index (κ1) is 21.6. The largest absolute Gasteiger partial charge is 0.481 e. The van der Waals surface area contributed by atoms with E-state index in [1.54, 1.807) is 22.8 Å². The van der Waals surface area contributed by atoms with Gasteiger partial charge in [-0.1, -0.05) is 53.3 Å². The molecule has 4 heterocycles. The Morgan fingerprint density at radius 3 is 2.75 bits per heavy atom. The number of nitrogens with zero attached hydrogens (tertiary/aromatic N) is 2. The molecular weight excluding hydrogens is 500 g/mol. The van der Waals surface area contributed by atoms with Gasteiger partial charge in [0.1, 0.15) is 34.8 Å². The number of rotatable bonds is 3. The first-order valence-electron chi connectivity index (χ1n) is 11.4. The van der Waals surface area contributed by atoms with Gasteiger partial charge in [-0.25, -0.2) is 4.99 Å². The summed E-state index contributed by atoms with van der Waals surface area (Å²) >= 11 is 7.58. The summed E-state index contributed by atoms with van der Waals surface area (Å²) in [5.41, 5.74) is -0.422. The Bertz CT molecular complexity index is 1770. The molecule has 7 rings (SSSR count). The zero-order chi connectivity index (χ0) is 24.8. The number of carbonyl (C=O) groups excluding carboxylic acids is 1. The van der Waals surface area contributed by atoms with Gasteiger partial charge in [-0.05, 0) is 37.3 Å². The van der Waals surface area contributed by atoms with Gasteiger partial charge >= 0.3 is 5.97 Å². The third kappa shape index (κ3) is 2.60. The number of thiazole rings is 1. The van der Waals surface area contributed by atoms with Crippen LogP contribution in [-0.4, -0.2) is 28.8 Å². The molecule has 0 bridgehead atoms. The molecule has 4 aromatic rings. The molecule has 1 saturated carbocycles. The molecule has 9 heteroatoms. The van der Waals surface area contributed by atoms with Crippen LogP contribution in [0.5, 0.6) is 5.75 Å². The Kier molecular flexibility index (Phi) is 4.34. The van der Waals surface area contributed by atoms with Gasteiger partial charge in [0.05, 0.1) is 16.7 Å². The predicted octanol–water partition coefficient (Wildman–Crippen LogP) is 3.57. The summed E-state index contributed by atoms with van der Waals surface area (Å²) in [6.07, 6.45) is 1.72. The third-order valence-electron chi connectivity index (χ3n) is 7.50. The van der Waals surface area contributed by atoms with E-state index in [2.05, 4.69) is 0 Å². The summed E-state index contributed by atoms with van der Waals surface area (Å²) in [5.74, 6) is 0.793. The Morgan fingerprint density at radius 2 is 1.94 bits per heavy atom. The molecule has 4 atom stereocenters. The number of hydrogen-bond donors (Lipinski definition) is 0. The summed E-state index contributed by atoms with van der Waals surface area (Å²) in [6, 6.07) is 18.1. The van der Waals surface area contributed by atoms with E-state index >= 15 is 0 Å². The van der Waals surface area contributed by atoms with E-state index in [0.29, 0.717) is 31.6 Å². The van der Waals surface area contributed by atoms with Crippen molar-refractivity contribution in [3.8, 4) is 17.1 Å². The number of furan rings is 1.